The number of primary amides is 1. The summed E-state index contributed by atoms with van der Waals surface area (Å²) in [5.74, 6) is 0.418. The van der Waals surface area contributed by atoms with E-state index in [4.69, 9.17) is 5.73 Å². The summed E-state index contributed by atoms with van der Waals surface area (Å²) in [4.78, 5) is 12.5. The minimum Gasteiger partial charge on any atom is -0.366 e. The van der Waals surface area contributed by atoms with Crippen LogP contribution in [0.25, 0.3) is 11.1 Å². The fourth-order valence-electron chi connectivity index (χ4n) is 4.72. The molecule has 0 unspecified atom stereocenters. The lowest BCUT2D eigenvalue weighted by molar-refractivity contribution is 0.1000. The highest BCUT2D eigenvalue weighted by Crippen LogP contribution is 2.37. The highest BCUT2D eigenvalue weighted by atomic mass is 16.1. The molecule has 1 heterocycles. The van der Waals surface area contributed by atoms with Gasteiger partial charge in [-0.3, -0.25) is 4.79 Å². The Labute approximate surface area is 164 Å². The van der Waals surface area contributed by atoms with Crippen molar-refractivity contribution in [3.8, 4) is 11.1 Å². The summed E-state index contributed by atoms with van der Waals surface area (Å²) >= 11 is 0. The van der Waals surface area contributed by atoms with Gasteiger partial charge in [0.2, 0.25) is 0 Å². The molecule has 1 aliphatic carbocycles. The zero-order valence-corrected chi connectivity index (χ0v) is 17.2. The van der Waals surface area contributed by atoms with Crippen LogP contribution in [0.4, 0.5) is 0 Å². The molecule has 146 valence electrons. The van der Waals surface area contributed by atoms with Crippen LogP contribution in [0.1, 0.15) is 79.2 Å². The molecule has 2 N–H and O–H groups in total. The van der Waals surface area contributed by atoms with Gasteiger partial charge < -0.3 is 10.3 Å². The van der Waals surface area contributed by atoms with Crippen molar-refractivity contribution in [1.82, 2.24) is 4.57 Å². The number of rotatable bonds is 7. The van der Waals surface area contributed by atoms with Crippen LogP contribution >= 0.6 is 0 Å². The highest BCUT2D eigenvalue weighted by molar-refractivity contribution is 6.02. The monoisotopic (exact) mass is 366 g/mol. The van der Waals surface area contributed by atoms with Crippen molar-refractivity contribution in [2.45, 2.75) is 78.7 Å². The molecule has 0 radical (unpaired) electrons. The lowest BCUT2D eigenvalue weighted by Gasteiger charge is -2.24. The second-order valence-corrected chi connectivity index (χ2v) is 8.18. The summed E-state index contributed by atoms with van der Waals surface area (Å²) in [6, 6.07) is 8.37. The Balaban J connectivity index is 2.15. The van der Waals surface area contributed by atoms with Crippen molar-refractivity contribution in [2.24, 2.45) is 11.7 Å². The van der Waals surface area contributed by atoms with Crippen LogP contribution in [0, 0.1) is 19.8 Å². The third-order valence-corrected chi connectivity index (χ3v) is 6.22. The maximum Gasteiger partial charge on any atom is 0.251 e. The Morgan fingerprint density at radius 1 is 1.15 bits per heavy atom. The molecule has 0 saturated heterocycles. The minimum absolute atomic E-state index is 0.300. The van der Waals surface area contributed by atoms with E-state index in [1.807, 2.05) is 0 Å². The van der Waals surface area contributed by atoms with E-state index in [-0.39, 0.29) is 5.91 Å². The van der Waals surface area contributed by atoms with Gasteiger partial charge in [0.25, 0.3) is 5.91 Å². The van der Waals surface area contributed by atoms with Gasteiger partial charge in [-0.1, -0.05) is 56.9 Å². The summed E-state index contributed by atoms with van der Waals surface area (Å²) < 4.78 is 2.44. The Morgan fingerprint density at radius 3 is 2.48 bits per heavy atom. The fraction of sp³-hybridized carbons (Fsp3) is 0.542. The summed E-state index contributed by atoms with van der Waals surface area (Å²) in [7, 11) is 0. The number of aryl methyl sites for hydroxylation is 1. The normalized spacial score (nSPS) is 15.2. The van der Waals surface area contributed by atoms with Gasteiger partial charge in [-0.05, 0) is 56.6 Å². The van der Waals surface area contributed by atoms with Crippen LogP contribution in [-0.2, 0) is 13.0 Å². The predicted octanol–water partition coefficient (Wildman–Crippen LogP) is 5.79. The molecule has 1 amide bonds. The van der Waals surface area contributed by atoms with E-state index >= 15 is 0 Å². The van der Waals surface area contributed by atoms with Gasteiger partial charge in [-0.25, -0.2) is 0 Å². The number of benzene rings is 1. The predicted molar refractivity (Wildman–Crippen MR) is 113 cm³/mol. The van der Waals surface area contributed by atoms with E-state index in [1.54, 1.807) is 0 Å². The number of amides is 1. The third-order valence-electron chi connectivity index (χ3n) is 6.22. The second-order valence-electron chi connectivity index (χ2n) is 8.18. The zero-order chi connectivity index (χ0) is 19.4. The van der Waals surface area contributed by atoms with Crippen LogP contribution in [-0.4, -0.2) is 10.5 Å². The first kappa shape index (κ1) is 19.7. The zero-order valence-electron chi connectivity index (χ0n) is 17.2. The van der Waals surface area contributed by atoms with Gasteiger partial charge in [0.15, 0.2) is 0 Å². The first-order valence-corrected chi connectivity index (χ1v) is 10.6. The number of carbonyl (C=O) groups excluding carboxylic acids is 1. The van der Waals surface area contributed by atoms with E-state index in [0.717, 1.165) is 54.1 Å². The molecule has 0 aliphatic heterocycles. The lowest BCUT2D eigenvalue weighted by atomic mass is 9.89. The average molecular weight is 367 g/mol. The molecule has 3 rings (SSSR count). The smallest absolute Gasteiger partial charge is 0.251 e. The van der Waals surface area contributed by atoms with Crippen LogP contribution in [0.5, 0.6) is 0 Å². The molecule has 3 heteroatoms. The van der Waals surface area contributed by atoms with E-state index < -0.39 is 0 Å². The maximum atomic E-state index is 12.5. The summed E-state index contributed by atoms with van der Waals surface area (Å²) in [5.41, 5.74) is 12.4. The van der Waals surface area contributed by atoms with Crippen molar-refractivity contribution in [1.29, 1.82) is 0 Å². The molecule has 0 bridgehead atoms. The lowest BCUT2D eigenvalue weighted by Crippen LogP contribution is -2.18. The van der Waals surface area contributed by atoms with Crippen LogP contribution in [0.2, 0.25) is 0 Å². The third kappa shape index (κ3) is 4.12. The van der Waals surface area contributed by atoms with E-state index in [1.165, 1.54) is 43.4 Å². The summed E-state index contributed by atoms with van der Waals surface area (Å²) in [5, 5.41) is 0. The Kier molecular flexibility index (Phi) is 6.41. The van der Waals surface area contributed by atoms with E-state index in [0.29, 0.717) is 0 Å². The Hall–Kier alpha value is -2.03. The van der Waals surface area contributed by atoms with Crippen molar-refractivity contribution in [3.63, 3.8) is 0 Å². The van der Waals surface area contributed by atoms with Crippen molar-refractivity contribution < 1.29 is 4.79 Å². The molecular weight excluding hydrogens is 332 g/mol. The molecule has 2 aromatic rings. The first-order chi connectivity index (χ1) is 13.0. The van der Waals surface area contributed by atoms with Gasteiger partial charge >= 0.3 is 0 Å². The van der Waals surface area contributed by atoms with Crippen molar-refractivity contribution >= 4 is 5.91 Å². The largest absolute Gasteiger partial charge is 0.366 e. The molecule has 1 aromatic carbocycles. The molecule has 1 aliphatic rings. The molecule has 0 atom stereocenters. The SMILES string of the molecule is CCCCc1c(-c2ccccc2C)c(C(N)=O)c(C)n1CC1CCCCC1. The topological polar surface area (TPSA) is 48.0 Å². The summed E-state index contributed by atoms with van der Waals surface area (Å²) in [6.45, 7) is 7.46. The summed E-state index contributed by atoms with van der Waals surface area (Å²) in [6.07, 6.45) is 9.92. The van der Waals surface area contributed by atoms with Gasteiger partial charge in [0.1, 0.15) is 0 Å². The number of hydrogen-bond acceptors (Lipinski definition) is 1. The van der Waals surface area contributed by atoms with Gasteiger partial charge in [0, 0.05) is 23.5 Å². The van der Waals surface area contributed by atoms with Gasteiger partial charge in [0.05, 0.1) is 5.56 Å². The number of aromatic nitrogens is 1. The molecule has 1 aromatic heterocycles. The molecular formula is C24H34N2O. The maximum absolute atomic E-state index is 12.5. The second kappa shape index (κ2) is 8.77. The van der Waals surface area contributed by atoms with Crippen LogP contribution < -0.4 is 5.73 Å². The highest BCUT2D eigenvalue weighted by Gasteiger charge is 2.26. The molecule has 1 saturated carbocycles. The number of carbonyl (C=O) groups is 1. The van der Waals surface area contributed by atoms with Crippen LogP contribution in [0.3, 0.4) is 0 Å². The molecule has 1 fully saturated rings. The molecule has 0 spiro atoms. The quantitative estimate of drug-likeness (QED) is 0.662. The fourth-order valence-corrected chi connectivity index (χ4v) is 4.72. The van der Waals surface area contributed by atoms with E-state index in [2.05, 4.69) is 49.6 Å². The number of unbranched alkanes of at least 4 members (excludes halogenated alkanes) is 1. The number of nitrogens with two attached hydrogens (primary N) is 1. The molecule has 27 heavy (non-hydrogen) atoms. The van der Waals surface area contributed by atoms with Crippen molar-refractivity contribution in [3.05, 3.63) is 46.8 Å². The minimum atomic E-state index is -0.300. The van der Waals surface area contributed by atoms with E-state index in [9.17, 15) is 4.79 Å². The Morgan fingerprint density at radius 2 is 1.85 bits per heavy atom. The van der Waals surface area contributed by atoms with Crippen LogP contribution in [0.15, 0.2) is 24.3 Å². The standard InChI is InChI=1S/C24H34N2O/c1-4-5-15-21-23(20-14-10-9-11-17(20)2)22(24(25)27)18(3)26(21)16-19-12-7-6-8-13-19/h9-11,14,19H,4-8,12-13,15-16H2,1-3H3,(H2,25,27). The van der Waals surface area contributed by atoms with Gasteiger partial charge in [-0.15, -0.1) is 0 Å². The van der Waals surface area contributed by atoms with Crippen molar-refractivity contribution in [2.75, 3.05) is 0 Å². The first-order valence-electron chi connectivity index (χ1n) is 10.6. The number of hydrogen-bond donors (Lipinski definition) is 1. The Bertz CT molecular complexity index is 797. The average Bonchev–Trinajstić information content (AvgIpc) is 2.93. The molecule has 3 nitrogen and oxygen atoms in total. The van der Waals surface area contributed by atoms with Gasteiger partial charge in [-0.2, -0.15) is 0 Å². The number of nitrogens with zero attached hydrogens (tertiary/aromatic N) is 1.